The van der Waals surface area contributed by atoms with Crippen molar-refractivity contribution in [1.82, 2.24) is 0 Å². The van der Waals surface area contributed by atoms with Gasteiger partial charge in [0.25, 0.3) is 5.91 Å². The molecule has 3 nitrogen and oxygen atoms in total. The fourth-order valence-corrected chi connectivity index (χ4v) is 1.82. The van der Waals surface area contributed by atoms with Crippen molar-refractivity contribution < 1.29 is 9.90 Å². The predicted molar refractivity (Wildman–Crippen MR) is 76.6 cm³/mol. The smallest absolute Gasteiger partial charge is 0.259 e. The Morgan fingerprint density at radius 3 is 2.47 bits per heavy atom. The third kappa shape index (κ3) is 3.13. The van der Waals surface area contributed by atoms with Crippen LogP contribution in [0.3, 0.4) is 0 Å². The molecule has 0 radical (unpaired) electrons. The van der Waals surface area contributed by atoms with E-state index in [2.05, 4.69) is 5.32 Å². The average Bonchev–Trinajstić information content (AvgIpc) is 2.42. The summed E-state index contributed by atoms with van der Waals surface area (Å²) in [6, 6.07) is 12.6. The van der Waals surface area contributed by atoms with Crippen LogP contribution < -0.4 is 5.32 Å². The predicted octanol–water partition coefficient (Wildman–Crippen LogP) is 3.52. The molecular weight excluding hydrogens is 238 g/mol. The van der Waals surface area contributed by atoms with E-state index in [9.17, 15) is 9.90 Å². The average molecular weight is 255 g/mol. The molecule has 0 bridgehead atoms. The van der Waals surface area contributed by atoms with Crippen molar-refractivity contribution in [2.24, 2.45) is 0 Å². The summed E-state index contributed by atoms with van der Waals surface area (Å²) in [5.41, 5.74) is 3.18. The van der Waals surface area contributed by atoms with Crippen molar-refractivity contribution in [1.29, 1.82) is 0 Å². The molecule has 0 atom stereocenters. The molecule has 0 saturated heterocycles. The molecule has 0 aliphatic carbocycles. The van der Waals surface area contributed by atoms with Gasteiger partial charge in [0, 0.05) is 5.69 Å². The first-order chi connectivity index (χ1) is 9.10. The monoisotopic (exact) mass is 255 g/mol. The molecule has 0 fully saturated rings. The maximum Gasteiger partial charge on any atom is 0.259 e. The van der Waals surface area contributed by atoms with E-state index in [1.54, 1.807) is 12.1 Å². The molecular formula is C16H17NO2. The van der Waals surface area contributed by atoms with E-state index in [4.69, 9.17) is 0 Å². The van der Waals surface area contributed by atoms with Gasteiger partial charge in [0.1, 0.15) is 5.75 Å². The van der Waals surface area contributed by atoms with E-state index in [1.165, 1.54) is 0 Å². The number of aryl methyl sites for hydroxylation is 2. The zero-order valence-electron chi connectivity index (χ0n) is 11.1. The highest BCUT2D eigenvalue weighted by atomic mass is 16.3. The minimum Gasteiger partial charge on any atom is -0.507 e. The van der Waals surface area contributed by atoms with Crippen LogP contribution in [0.4, 0.5) is 5.69 Å². The Hall–Kier alpha value is -2.29. The number of phenolic OH excluding ortho intramolecular Hbond substituents is 1. The largest absolute Gasteiger partial charge is 0.507 e. The van der Waals surface area contributed by atoms with Crippen molar-refractivity contribution in [2.75, 3.05) is 5.32 Å². The molecule has 2 rings (SSSR count). The van der Waals surface area contributed by atoms with Gasteiger partial charge < -0.3 is 10.4 Å². The second-order valence-corrected chi connectivity index (χ2v) is 4.53. The van der Waals surface area contributed by atoms with Gasteiger partial charge in [-0.2, -0.15) is 0 Å². The second kappa shape index (κ2) is 5.57. The molecule has 0 heterocycles. The molecule has 19 heavy (non-hydrogen) atoms. The van der Waals surface area contributed by atoms with Gasteiger partial charge in [0.2, 0.25) is 0 Å². The van der Waals surface area contributed by atoms with E-state index < -0.39 is 0 Å². The van der Waals surface area contributed by atoms with Crippen LogP contribution in [-0.2, 0) is 6.42 Å². The number of carbonyl (C=O) groups is 1. The Morgan fingerprint density at radius 2 is 1.84 bits per heavy atom. The number of nitrogens with one attached hydrogen (secondary N) is 1. The number of hydrogen-bond donors (Lipinski definition) is 2. The van der Waals surface area contributed by atoms with E-state index in [0.717, 1.165) is 23.2 Å². The Labute approximate surface area is 112 Å². The Bertz CT molecular complexity index is 588. The molecule has 0 spiro atoms. The van der Waals surface area contributed by atoms with Gasteiger partial charge >= 0.3 is 0 Å². The summed E-state index contributed by atoms with van der Waals surface area (Å²) in [4.78, 5) is 12.1. The lowest BCUT2D eigenvalue weighted by Gasteiger charge is -2.08. The van der Waals surface area contributed by atoms with E-state index in [1.807, 2.05) is 44.2 Å². The molecule has 1 amide bonds. The van der Waals surface area contributed by atoms with Gasteiger partial charge in [-0.05, 0) is 43.2 Å². The number of amides is 1. The van der Waals surface area contributed by atoms with Crippen LogP contribution in [0.5, 0.6) is 5.75 Å². The van der Waals surface area contributed by atoms with E-state index >= 15 is 0 Å². The topological polar surface area (TPSA) is 49.3 Å². The van der Waals surface area contributed by atoms with Gasteiger partial charge in [-0.3, -0.25) is 4.79 Å². The summed E-state index contributed by atoms with van der Waals surface area (Å²) < 4.78 is 0. The lowest BCUT2D eigenvalue weighted by atomic mass is 10.1. The molecule has 2 N–H and O–H groups in total. The number of hydrogen-bond acceptors (Lipinski definition) is 2. The van der Waals surface area contributed by atoms with Crippen molar-refractivity contribution in [2.45, 2.75) is 20.3 Å². The molecule has 0 unspecified atom stereocenters. The summed E-state index contributed by atoms with van der Waals surface area (Å²) in [7, 11) is 0. The lowest BCUT2D eigenvalue weighted by molar-refractivity contribution is 0.102. The zero-order chi connectivity index (χ0) is 13.8. The maximum absolute atomic E-state index is 12.1. The summed E-state index contributed by atoms with van der Waals surface area (Å²) in [5, 5.41) is 12.5. The molecule has 2 aromatic carbocycles. The van der Waals surface area contributed by atoms with Crippen LogP contribution in [0.25, 0.3) is 0 Å². The Balaban J connectivity index is 2.22. The Morgan fingerprint density at radius 1 is 1.16 bits per heavy atom. The third-order valence-electron chi connectivity index (χ3n) is 3.02. The summed E-state index contributed by atoms with van der Waals surface area (Å²) >= 11 is 0. The van der Waals surface area contributed by atoms with Crippen LogP contribution >= 0.6 is 0 Å². The number of aromatic hydroxyl groups is 1. The van der Waals surface area contributed by atoms with Gasteiger partial charge in [-0.25, -0.2) is 0 Å². The number of rotatable bonds is 3. The minimum absolute atomic E-state index is 0.00168. The van der Waals surface area contributed by atoms with E-state index in [-0.39, 0.29) is 11.7 Å². The summed E-state index contributed by atoms with van der Waals surface area (Å²) in [6.07, 6.45) is 0.824. The molecule has 0 aromatic heterocycles. The third-order valence-corrected chi connectivity index (χ3v) is 3.02. The highest BCUT2D eigenvalue weighted by molar-refractivity contribution is 6.06. The fraction of sp³-hybridized carbons (Fsp3) is 0.188. The van der Waals surface area contributed by atoms with Crippen LogP contribution in [0.2, 0.25) is 0 Å². The number of carbonyl (C=O) groups excluding carboxylic acids is 1. The standard InChI is InChI=1S/C16H17NO2/c1-3-12-6-9-15(18)14(10-12)16(19)17-13-7-4-11(2)5-8-13/h4-10,18H,3H2,1-2H3,(H,17,19). The number of benzene rings is 2. The normalized spacial score (nSPS) is 10.2. The van der Waals surface area contributed by atoms with Crippen molar-refractivity contribution in [3.05, 3.63) is 59.2 Å². The maximum atomic E-state index is 12.1. The molecule has 2 aromatic rings. The van der Waals surface area contributed by atoms with Crippen molar-refractivity contribution >= 4 is 11.6 Å². The minimum atomic E-state index is -0.295. The van der Waals surface area contributed by atoms with Gasteiger partial charge in [-0.1, -0.05) is 30.7 Å². The molecule has 0 aliphatic heterocycles. The lowest BCUT2D eigenvalue weighted by Crippen LogP contribution is -2.12. The summed E-state index contributed by atoms with van der Waals surface area (Å²) in [5.74, 6) is -0.293. The SMILES string of the molecule is CCc1ccc(O)c(C(=O)Nc2ccc(C)cc2)c1. The van der Waals surface area contributed by atoms with Crippen molar-refractivity contribution in [3.63, 3.8) is 0 Å². The molecule has 98 valence electrons. The highest BCUT2D eigenvalue weighted by Gasteiger charge is 2.11. The van der Waals surface area contributed by atoms with Gasteiger partial charge in [-0.15, -0.1) is 0 Å². The molecule has 0 aliphatic rings. The number of anilines is 1. The molecule has 3 heteroatoms. The highest BCUT2D eigenvalue weighted by Crippen LogP contribution is 2.20. The fourth-order valence-electron chi connectivity index (χ4n) is 1.82. The first-order valence-electron chi connectivity index (χ1n) is 6.30. The van der Waals surface area contributed by atoms with Crippen LogP contribution in [0.1, 0.15) is 28.4 Å². The van der Waals surface area contributed by atoms with Crippen LogP contribution in [-0.4, -0.2) is 11.0 Å². The van der Waals surface area contributed by atoms with E-state index in [0.29, 0.717) is 5.56 Å². The van der Waals surface area contributed by atoms with Gasteiger partial charge in [0.05, 0.1) is 5.56 Å². The first kappa shape index (κ1) is 13.1. The van der Waals surface area contributed by atoms with Crippen molar-refractivity contribution in [3.8, 4) is 5.75 Å². The zero-order valence-corrected chi connectivity index (χ0v) is 11.1. The van der Waals surface area contributed by atoms with Crippen LogP contribution in [0, 0.1) is 6.92 Å². The van der Waals surface area contributed by atoms with Crippen LogP contribution in [0.15, 0.2) is 42.5 Å². The molecule has 0 saturated carbocycles. The Kier molecular flexibility index (Phi) is 3.85. The number of phenols is 1. The second-order valence-electron chi connectivity index (χ2n) is 4.53. The first-order valence-corrected chi connectivity index (χ1v) is 6.30. The quantitative estimate of drug-likeness (QED) is 0.881. The van der Waals surface area contributed by atoms with Gasteiger partial charge in [0.15, 0.2) is 0 Å². The summed E-state index contributed by atoms with van der Waals surface area (Å²) in [6.45, 7) is 4.00.